The minimum absolute atomic E-state index is 0.0386. The van der Waals surface area contributed by atoms with Gasteiger partial charge in [0.1, 0.15) is 0 Å². The maximum atomic E-state index is 12.2. The number of aliphatic hydroxyl groups excluding tert-OH is 1. The second-order valence-corrected chi connectivity index (χ2v) is 4.76. The summed E-state index contributed by atoms with van der Waals surface area (Å²) in [4.78, 5) is 0. The molecule has 0 saturated carbocycles. The molecule has 1 aliphatic heterocycles. The number of rotatable bonds is 5. The van der Waals surface area contributed by atoms with E-state index in [1.54, 1.807) is 18.2 Å². The highest BCUT2D eigenvalue weighted by molar-refractivity contribution is 5.45. The zero-order chi connectivity index (χ0) is 14.8. The highest BCUT2D eigenvalue weighted by Gasteiger charge is 2.30. The Kier molecular flexibility index (Phi) is 4.39. The van der Waals surface area contributed by atoms with Crippen molar-refractivity contribution in [3.63, 3.8) is 0 Å². The summed E-state index contributed by atoms with van der Waals surface area (Å²) in [6.45, 7) is 1.60. The van der Waals surface area contributed by atoms with Crippen LogP contribution in [0, 0.1) is 0 Å². The molecule has 0 aliphatic carbocycles. The summed E-state index contributed by atoms with van der Waals surface area (Å²) in [6.07, 6.45) is -6.04. The Bertz CT molecular complexity index is 465. The Morgan fingerprint density at radius 3 is 2.70 bits per heavy atom. The average molecular weight is 291 g/mol. The Balaban J connectivity index is 1.87. The quantitative estimate of drug-likeness (QED) is 0.874. The maximum absolute atomic E-state index is 12.2. The SMILES string of the molecule is CC(CC(F)(F)F)NCC(O)c1ccc2c(c1)OCO2. The first-order valence-corrected chi connectivity index (χ1v) is 6.23. The van der Waals surface area contributed by atoms with E-state index in [4.69, 9.17) is 9.47 Å². The number of ether oxygens (including phenoxy) is 2. The normalized spacial score (nSPS) is 17.1. The molecule has 7 heteroatoms. The van der Waals surface area contributed by atoms with E-state index in [9.17, 15) is 18.3 Å². The number of nitrogens with one attached hydrogen (secondary N) is 1. The molecular formula is C13H16F3NO3. The largest absolute Gasteiger partial charge is 0.454 e. The van der Waals surface area contributed by atoms with E-state index in [0.717, 1.165) is 0 Å². The van der Waals surface area contributed by atoms with E-state index in [1.807, 2.05) is 0 Å². The minimum Gasteiger partial charge on any atom is -0.454 e. The van der Waals surface area contributed by atoms with Crippen LogP contribution in [-0.4, -0.2) is 30.7 Å². The number of hydrogen-bond donors (Lipinski definition) is 2. The third kappa shape index (κ3) is 4.01. The Morgan fingerprint density at radius 1 is 1.30 bits per heavy atom. The van der Waals surface area contributed by atoms with Crippen molar-refractivity contribution in [2.24, 2.45) is 0 Å². The molecule has 0 saturated heterocycles. The second kappa shape index (κ2) is 5.88. The lowest BCUT2D eigenvalue weighted by Crippen LogP contribution is -2.34. The molecule has 2 atom stereocenters. The zero-order valence-corrected chi connectivity index (χ0v) is 10.9. The first kappa shape index (κ1) is 14.9. The van der Waals surface area contributed by atoms with Crippen LogP contribution in [0.1, 0.15) is 25.0 Å². The van der Waals surface area contributed by atoms with Crippen molar-refractivity contribution in [3.8, 4) is 11.5 Å². The number of hydrogen-bond acceptors (Lipinski definition) is 4. The fourth-order valence-electron chi connectivity index (χ4n) is 1.97. The molecule has 0 bridgehead atoms. The molecule has 0 radical (unpaired) electrons. The summed E-state index contributed by atoms with van der Waals surface area (Å²) in [5, 5.41) is 12.6. The van der Waals surface area contributed by atoms with Crippen molar-refractivity contribution in [2.75, 3.05) is 13.3 Å². The second-order valence-electron chi connectivity index (χ2n) is 4.76. The van der Waals surface area contributed by atoms with Gasteiger partial charge in [-0.1, -0.05) is 6.07 Å². The van der Waals surface area contributed by atoms with Crippen LogP contribution in [0.3, 0.4) is 0 Å². The standard InChI is InChI=1S/C13H16F3NO3/c1-8(5-13(14,15)16)17-6-10(18)9-2-3-11-12(4-9)20-7-19-11/h2-4,8,10,17-18H,5-7H2,1H3. The summed E-state index contributed by atoms with van der Waals surface area (Å²) in [6, 6.07) is 4.20. The Morgan fingerprint density at radius 2 is 2.00 bits per heavy atom. The average Bonchev–Trinajstić information content (AvgIpc) is 2.80. The number of alkyl halides is 3. The van der Waals surface area contributed by atoms with Crippen LogP contribution in [0.2, 0.25) is 0 Å². The summed E-state index contributed by atoms with van der Waals surface area (Å²) >= 11 is 0. The lowest BCUT2D eigenvalue weighted by atomic mass is 10.1. The van der Waals surface area contributed by atoms with E-state index in [-0.39, 0.29) is 13.3 Å². The third-order valence-electron chi connectivity index (χ3n) is 2.98. The van der Waals surface area contributed by atoms with Crippen LogP contribution in [0.25, 0.3) is 0 Å². The van der Waals surface area contributed by atoms with Crippen molar-refractivity contribution in [1.82, 2.24) is 5.32 Å². The lowest BCUT2D eigenvalue weighted by molar-refractivity contribution is -0.139. The van der Waals surface area contributed by atoms with E-state index in [2.05, 4.69) is 5.32 Å². The molecule has 112 valence electrons. The van der Waals surface area contributed by atoms with E-state index >= 15 is 0 Å². The molecule has 1 aliphatic rings. The molecule has 0 amide bonds. The van der Waals surface area contributed by atoms with Gasteiger partial charge in [-0.2, -0.15) is 13.2 Å². The van der Waals surface area contributed by atoms with E-state index in [0.29, 0.717) is 17.1 Å². The molecule has 0 spiro atoms. The molecule has 1 heterocycles. The molecule has 0 fully saturated rings. The van der Waals surface area contributed by atoms with Gasteiger partial charge < -0.3 is 19.9 Å². The topological polar surface area (TPSA) is 50.7 Å². The number of fused-ring (bicyclic) bond motifs is 1. The van der Waals surface area contributed by atoms with Gasteiger partial charge in [0, 0.05) is 12.6 Å². The molecule has 2 N–H and O–H groups in total. The highest BCUT2D eigenvalue weighted by atomic mass is 19.4. The van der Waals surface area contributed by atoms with E-state index in [1.165, 1.54) is 6.92 Å². The van der Waals surface area contributed by atoms with Gasteiger partial charge in [0.2, 0.25) is 6.79 Å². The highest BCUT2D eigenvalue weighted by Crippen LogP contribution is 2.34. The van der Waals surface area contributed by atoms with Gasteiger partial charge in [-0.05, 0) is 24.6 Å². The van der Waals surface area contributed by atoms with Gasteiger partial charge >= 0.3 is 6.18 Å². The monoisotopic (exact) mass is 291 g/mol. The third-order valence-corrected chi connectivity index (χ3v) is 2.98. The van der Waals surface area contributed by atoms with Gasteiger partial charge in [-0.25, -0.2) is 0 Å². The number of halogens is 3. The first-order chi connectivity index (χ1) is 9.35. The van der Waals surface area contributed by atoms with Crippen molar-refractivity contribution >= 4 is 0 Å². The van der Waals surface area contributed by atoms with Crippen LogP contribution in [0.15, 0.2) is 18.2 Å². The van der Waals surface area contributed by atoms with Gasteiger partial charge in [-0.15, -0.1) is 0 Å². The summed E-state index contributed by atoms with van der Waals surface area (Å²) in [5.74, 6) is 1.13. The Labute approximate surface area is 114 Å². The predicted molar refractivity (Wildman–Crippen MR) is 65.7 cm³/mol. The Hall–Kier alpha value is -1.47. The minimum atomic E-state index is -4.21. The van der Waals surface area contributed by atoms with Crippen molar-refractivity contribution in [3.05, 3.63) is 23.8 Å². The first-order valence-electron chi connectivity index (χ1n) is 6.23. The van der Waals surface area contributed by atoms with Crippen molar-refractivity contribution < 1.29 is 27.8 Å². The van der Waals surface area contributed by atoms with Gasteiger partial charge in [0.25, 0.3) is 0 Å². The molecule has 0 aromatic heterocycles. The number of aliphatic hydroxyl groups is 1. The fraction of sp³-hybridized carbons (Fsp3) is 0.538. The van der Waals surface area contributed by atoms with Gasteiger partial charge in [0.05, 0.1) is 12.5 Å². The molecule has 1 aromatic carbocycles. The molecule has 4 nitrogen and oxygen atoms in total. The molecule has 2 unspecified atom stereocenters. The van der Waals surface area contributed by atoms with Crippen molar-refractivity contribution in [2.45, 2.75) is 31.7 Å². The van der Waals surface area contributed by atoms with Crippen LogP contribution in [0.5, 0.6) is 11.5 Å². The smallest absolute Gasteiger partial charge is 0.390 e. The van der Waals surface area contributed by atoms with E-state index < -0.39 is 24.7 Å². The fourth-order valence-corrected chi connectivity index (χ4v) is 1.97. The van der Waals surface area contributed by atoms with Crippen LogP contribution < -0.4 is 14.8 Å². The van der Waals surface area contributed by atoms with Crippen LogP contribution in [-0.2, 0) is 0 Å². The molecule has 20 heavy (non-hydrogen) atoms. The van der Waals surface area contributed by atoms with Crippen molar-refractivity contribution in [1.29, 1.82) is 0 Å². The summed E-state index contributed by atoms with van der Waals surface area (Å²) in [5.41, 5.74) is 0.570. The summed E-state index contributed by atoms with van der Waals surface area (Å²) < 4.78 is 46.8. The maximum Gasteiger partial charge on any atom is 0.390 e. The lowest BCUT2D eigenvalue weighted by Gasteiger charge is -2.18. The van der Waals surface area contributed by atoms with Crippen LogP contribution in [0.4, 0.5) is 13.2 Å². The molecular weight excluding hydrogens is 275 g/mol. The molecule has 1 aromatic rings. The summed E-state index contributed by atoms with van der Waals surface area (Å²) in [7, 11) is 0. The van der Waals surface area contributed by atoms with Gasteiger partial charge in [-0.3, -0.25) is 0 Å². The zero-order valence-electron chi connectivity index (χ0n) is 10.9. The molecule has 2 rings (SSSR count). The predicted octanol–water partition coefficient (Wildman–Crippen LogP) is 2.38. The number of benzene rings is 1. The van der Waals surface area contributed by atoms with Gasteiger partial charge in [0.15, 0.2) is 11.5 Å². The van der Waals surface area contributed by atoms with Crippen LogP contribution >= 0.6 is 0 Å².